The summed E-state index contributed by atoms with van der Waals surface area (Å²) in [5.41, 5.74) is 9.20. The lowest BCUT2D eigenvalue weighted by Crippen LogP contribution is -2.23. The van der Waals surface area contributed by atoms with Crippen molar-refractivity contribution in [2.24, 2.45) is 5.73 Å². The average molecular weight is 311 g/mol. The van der Waals surface area contributed by atoms with E-state index in [9.17, 15) is 8.42 Å². The van der Waals surface area contributed by atoms with Crippen LogP contribution in [0.25, 0.3) is 0 Å². The molecule has 0 amide bonds. The average Bonchev–Trinajstić information content (AvgIpc) is 2.82. The lowest BCUT2D eigenvalue weighted by molar-refractivity contribution is 0.581. The van der Waals surface area contributed by atoms with Crippen LogP contribution < -0.4 is 10.5 Å². The van der Waals surface area contributed by atoms with Gasteiger partial charge in [0, 0.05) is 17.5 Å². The highest BCUT2D eigenvalue weighted by Gasteiger charge is 2.15. The molecule has 0 radical (unpaired) electrons. The van der Waals surface area contributed by atoms with Gasteiger partial charge in [-0.15, -0.1) is 11.3 Å². The minimum absolute atomic E-state index is 0.112. The quantitative estimate of drug-likeness (QED) is 0.884. The number of rotatable bonds is 5. The summed E-state index contributed by atoms with van der Waals surface area (Å²) in [5, 5.41) is 0. The number of nitrogens with two attached hydrogens (primary N) is 1. The molecule has 1 aromatic carbocycles. The minimum Gasteiger partial charge on any atom is -0.324 e. The van der Waals surface area contributed by atoms with Crippen molar-refractivity contribution in [3.8, 4) is 0 Å². The van der Waals surface area contributed by atoms with E-state index >= 15 is 0 Å². The highest BCUT2D eigenvalue weighted by molar-refractivity contribution is 7.89. The van der Waals surface area contributed by atoms with E-state index in [-0.39, 0.29) is 17.5 Å². The Morgan fingerprint density at radius 2 is 2.00 bits per heavy atom. The van der Waals surface area contributed by atoms with Crippen LogP contribution in [-0.4, -0.2) is 13.4 Å². The molecule has 0 aliphatic carbocycles. The van der Waals surface area contributed by atoms with Crippen molar-refractivity contribution >= 4 is 21.4 Å². The van der Waals surface area contributed by atoms with Gasteiger partial charge >= 0.3 is 0 Å². The molecule has 0 bridgehead atoms. The third-order valence-electron chi connectivity index (χ3n) is 2.98. The highest BCUT2D eigenvalue weighted by Crippen LogP contribution is 2.16. The van der Waals surface area contributed by atoms with Crippen LogP contribution in [0.5, 0.6) is 0 Å². The van der Waals surface area contributed by atoms with Crippen molar-refractivity contribution in [3.05, 3.63) is 45.9 Å². The summed E-state index contributed by atoms with van der Waals surface area (Å²) in [4.78, 5) is 5.25. The molecule has 2 aromatic rings. The van der Waals surface area contributed by atoms with E-state index in [1.165, 1.54) is 11.3 Å². The largest absolute Gasteiger partial charge is 0.324 e. The van der Waals surface area contributed by atoms with Gasteiger partial charge in [-0.1, -0.05) is 12.1 Å². The Labute approximate surface area is 122 Å². The summed E-state index contributed by atoms with van der Waals surface area (Å²) in [6, 6.07) is 6.50. The molecule has 0 fully saturated rings. The number of thiazole rings is 1. The summed E-state index contributed by atoms with van der Waals surface area (Å²) in [6.07, 6.45) is 0. The van der Waals surface area contributed by atoms with Gasteiger partial charge in [0.05, 0.1) is 16.1 Å². The van der Waals surface area contributed by atoms with Crippen LogP contribution in [-0.2, 0) is 16.6 Å². The monoisotopic (exact) mass is 311 g/mol. The van der Waals surface area contributed by atoms with Crippen LogP contribution in [0.15, 0.2) is 34.7 Å². The summed E-state index contributed by atoms with van der Waals surface area (Å²) in [6.45, 7) is 3.97. The molecule has 1 heterocycles. The zero-order valence-electron chi connectivity index (χ0n) is 11.3. The standard InChI is InChI=1S/C13H17N3O2S2/c1-9(14)11-3-5-12(6-4-11)20(17,18)16-7-13-10(2)15-8-19-13/h3-6,8-9,16H,7,14H2,1-2H3. The van der Waals surface area contributed by atoms with Crippen LogP contribution in [0.1, 0.15) is 29.1 Å². The molecule has 0 aliphatic heterocycles. The Morgan fingerprint density at radius 3 is 2.50 bits per heavy atom. The second-order valence-corrected chi connectivity index (χ2v) is 7.25. The molecule has 20 heavy (non-hydrogen) atoms. The fourth-order valence-electron chi connectivity index (χ4n) is 1.69. The molecule has 0 aliphatic rings. The Morgan fingerprint density at radius 1 is 1.35 bits per heavy atom. The normalized spacial score (nSPS) is 13.3. The second kappa shape index (κ2) is 6.01. The number of nitrogens with zero attached hydrogens (tertiary/aromatic N) is 1. The molecule has 2 rings (SSSR count). The van der Waals surface area contributed by atoms with Gasteiger partial charge in [-0.25, -0.2) is 18.1 Å². The predicted molar refractivity (Wildman–Crippen MR) is 79.9 cm³/mol. The first kappa shape index (κ1) is 15.1. The molecular formula is C13H17N3O2S2. The van der Waals surface area contributed by atoms with Gasteiger partial charge in [0.2, 0.25) is 10.0 Å². The summed E-state index contributed by atoms with van der Waals surface area (Å²) >= 11 is 1.44. The van der Waals surface area contributed by atoms with E-state index in [4.69, 9.17) is 5.73 Å². The maximum atomic E-state index is 12.2. The molecule has 1 unspecified atom stereocenters. The summed E-state index contributed by atoms with van der Waals surface area (Å²) in [7, 11) is -3.51. The first-order valence-electron chi connectivity index (χ1n) is 6.14. The number of hydrogen-bond acceptors (Lipinski definition) is 5. The number of hydrogen-bond donors (Lipinski definition) is 2. The van der Waals surface area contributed by atoms with Gasteiger partial charge in [0.15, 0.2) is 0 Å². The van der Waals surface area contributed by atoms with Crippen LogP contribution in [0.3, 0.4) is 0 Å². The number of sulfonamides is 1. The topological polar surface area (TPSA) is 85.1 Å². The lowest BCUT2D eigenvalue weighted by Gasteiger charge is -2.09. The maximum absolute atomic E-state index is 12.2. The molecule has 1 aromatic heterocycles. The number of aromatic nitrogens is 1. The van der Waals surface area contributed by atoms with Crippen molar-refractivity contribution in [1.82, 2.24) is 9.71 Å². The van der Waals surface area contributed by atoms with Gasteiger partial charge in [-0.05, 0) is 31.5 Å². The van der Waals surface area contributed by atoms with Gasteiger partial charge in [0.1, 0.15) is 0 Å². The van der Waals surface area contributed by atoms with E-state index in [2.05, 4.69) is 9.71 Å². The molecule has 3 N–H and O–H groups in total. The van der Waals surface area contributed by atoms with Crippen molar-refractivity contribution in [2.75, 3.05) is 0 Å². The van der Waals surface area contributed by atoms with E-state index in [1.54, 1.807) is 29.8 Å². The molecule has 0 spiro atoms. The number of nitrogens with one attached hydrogen (secondary N) is 1. The van der Waals surface area contributed by atoms with Crippen LogP contribution in [0.2, 0.25) is 0 Å². The third kappa shape index (κ3) is 3.43. The summed E-state index contributed by atoms with van der Waals surface area (Å²) < 4.78 is 26.9. The van der Waals surface area contributed by atoms with Crippen LogP contribution in [0.4, 0.5) is 0 Å². The SMILES string of the molecule is Cc1ncsc1CNS(=O)(=O)c1ccc(C(C)N)cc1. The minimum atomic E-state index is -3.51. The zero-order chi connectivity index (χ0) is 14.8. The Kier molecular flexibility index (Phi) is 4.54. The molecule has 5 nitrogen and oxygen atoms in total. The van der Waals surface area contributed by atoms with E-state index < -0.39 is 10.0 Å². The van der Waals surface area contributed by atoms with E-state index in [0.29, 0.717) is 0 Å². The Bertz CT molecular complexity index is 676. The van der Waals surface area contributed by atoms with Crippen LogP contribution >= 0.6 is 11.3 Å². The predicted octanol–water partition coefficient (Wildman–Crippen LogP) is 1.95. The van der Waals surface area contributed by atoms with Crippen molar-refractivity contribution in [3.63, 3.8) is 0 Å². The van der Waals surface area contributed by atoms with Crippen molar-refractivity contribution in [1.29, 1.82) is 0 Å². The van der Waals surface area contributed by atoms with E-state index in [0.717, 1.165) is 16.1 Å². The number of benzene rings is 1. The second-order valence-electron chi connectivity index (χ2n) is 4.54. The van der Waals surface area contributed by atoms with Crippen molar-refractivity contribution < 1.29 is 8.42 Å². The zero-order valence-corrected chi connectivity index (χ0v) is 13.0. The van der Waals surface area contributed by atoms with Gasteiger partial charge in [-0.3, -0.25) is 0 Å². The molecule has 7 heteroatoms. The van der Waals surface area contributed by atoms with Gasteiger partial charge < -0.3 is 5.73 Å². The first-order valence-corrected chi connectivity index (χ1v) is 8.50. The molecule has 0 saturated carbocycles. The molecule has 108 valence electrons. The molecule has 1 atom stereocenters. The maximum Gasteiger partial charge on any atom is 0.240 e. The highest BCUT2D eigenvalue weighted by atomic mass is 32.2. The smallest absolute Gasteiger partial charge is 0.240 e. The number of aryl methyl sites for hydroxylation is 1. The molecular weight excluding hydrogens is 294 g/mol. The lowest BCUT2D eigenvalue weighted by atomic mass is 10.1. The van der Waals surface area contributed by atoms with E-state index in [1.807, 2.05) is 13.8 Å². The first-order chi connectivity index (χ1) is 9.40. The fraction of sp³-hybridized carbons (Fsp3) is 0.308. The fourth-order valence-corrected chi connectivity index (χ4v) is 3.49. The third-order valence-corrected chi connectivity index (χ3v) is 5.34. The Hall–Kier alpha value is -1.28. The van der Waals surface area contributed by atoms with Crippen LogP contribution in [0, 0.1) is 6.92 Å². The molecule has 0 saturated heterocycles. The van der Waals surface area contributed by atoms with Gasteiger partial charge in [0.25, 0.3) is 0 Å². The summed E-state index contributed by atoms with van der Waals surface area (Å²) in [5.74, 6) is 0. The Balaban J connectivity index is 2.12. The van der Waals surface area contributed by atoms with Gasteiger partial charge in [-0.2, -0.15) is 0 Å². The van der Waals surface area contributed by atoms with Crippen molar-refractivity contribution in [2.45, 2.75) is 31.3 Å².